The average Bonchev–Trinajstić information content (AvgIpc) is 2.89. The number of benzene rings is 3. The molecule has 1 heterocycles. The zero-order valence-electron chi connectivity index (χ0n) is 18.4. The van der Waals surface area contributed by atoms with Crippen molar-refractivity contribution in [2.75, 3.05) is 0 Å². The van der Waals surface area contributed by atoms with Crippen LogP contribution in [0.5, 0.6) is 0 Å². The van der Waals surface area contributed by atoms with Crippen LogP contribution < -0.4 is 0 Å². The molecule has 0 saturated heterocycles. The minimum absolute atomic E-state index is 0.0226. The molecule has 0 saturated carbocycles. The Labute approximate surface area is 194 Å². The number of allylic oxidation sites excluding steroid dienone is 4. The fourth-order valence-electron chi connectivity index (χ4n) is 3.95. The summed E-state index contributed by atoms with van der Waals surface area (Å²) in [7, 11) is 0. The lowest BCUT2D eigenvalue weighted by Gasteiger charge is -2.12. The van der Waals surface area contributed by atoms with Crippen LogP contribution in [0.4, 0.5) is 0 Å². The number of aromatic nitrogens is 2. The van der Waals surface area contributed by atoms with E-state index < -0.39 is 0 Å². The van der Waals surface area contributed by atoms with Gasteiger partial charge in [-0.25, -0.2) is 9.97 Å². The van der Waals surface area contributed by atoms with E-state index >= 15 is 0 Å². The van der Waals surface area contributed by atoms with Crippen molar-refractivity contribution in [1.82, 2.24) is 9.97 Å². The van der Waals surface area contributed by atoms with Crippen LogP contribution in [0.1, 0.15) is 17.5 Å². The van der Waals surface area contributed by atoms with Gasteiger partial charge >= 0.3 is 0 Å². The first-order valence-electron chi connectivity index (χ1n) is 11.1. The summed E-state index contributed by atoms with van der Waals surface area (Å²) in [5.74, 6) is 0.696. The van der Waals surface area contributed by atoms with Gasteiger partial charge in [-0.1, -0.05) is 103 Å². The van der Waals surface area contributed by atoms with Crippen molar-refractivity contribution in [3.8, 4) is 40.0 Å². The normalized spacial score (nSPS) is 15.0. The highest BCUT2D eigenvalue weighted by Gasteiger charge is 2.12. The van der Waals surface area contributed by atoms with E-state index in [1.165, 1.54) is 5.56 Å². The monoisotopic (exact) mass is 425 g/mol. The molecule has 3 aromatic carbocycles. The van der Waals surface area contributed by atoms with Gasteiger partial charge in [-0.2, -0.15) is 5.26 Å². The van der Waals surface area contributed by atoms with Crippen LogP contribution in [0.15, 0.2) is 103 Å². The predicted molar refractivity (Wildman–Crippen MR) is 134 cm³/mol. The summed E-state index contributed by atoms with van der Waals surface area (Å²) >= 11 is 0. The second kappa shape index (κ2) is 9.06. The maximum absolute atomic E-state index is 9.09. The molecule has 1 aromatic heterocycles. The van der Waals surface area contributed by atoms with Crippen LogP contribution in [-0.2, 0) is 0 Å². The lowest BCUT2D eigenvalue weighted by molar-refractivity contribution is 0.840. The molecule has 158 valence electrons. The molecule has 0 aliphatic heterocycles. The van der Waals surface area contributed by atoms with E-state index in [2.05, 4.69) is 85.8 Å². The molecule has 0 fully saturated rings. The third-order valence-electron chi connectivity index (χ3n) is 5.89. The standard InChI is InChI=1S/C30H23N3/c1-21-7-11-27(12-8-21)30-32-28(25-5-3-2-4-6-25)19-29(33-30)26-17-15-24(16-18-26)23-13-9-22(20-31)10-14-23/h2-9,11-19,22H,10H2,1H3. The summed E-state index contributed by atoms with van der Waals surface area (Å²) in [6.07, 6.45) is 6.92. The van der Waals surface area contributed by atoms with Gasteiger partial charge in [-0.05, 0) is 30.5 Å². The molecule has 3 nitrogen and oxygen atoms in total. The highest BCUT2D eigenvalue weighted by Crippen LogP contribution is 2.30. The first-order valence-corrected chi connectivity index (χ1v) is 11.1. The van der Waals surface area contributed by atoms with Gasteiger partial charge in [0.25, 0.3) is 0 Å². The summed E-state index contributed by atoms with van der Waals surface area (Å²) in [6.45, 7) is 2.08. The van der Waals surface area contributed by atoms with E-state index in [-0.39, 0.29) is 5.92 Å². The van der Waals surface area contributed by atoms with Crippen molar-refractivity contribution in [3.05, 3.63) is 114 Å². The molecule has 0 amide bonds. The molecular weight excluding hydrogens is 402 g/mol. The van der Waals surface area contributed by atoms with E-state index in [1.54, 1.807) is 0 Å². The van der Waals surface area contributed by atoms with Gasteiger partial charge in [0, 0.05) is 16.7 Å². The molecule has 5 rings (SSSR count). The van der Waals surface area contributed by atoms with Gasteiger partial charge in [-0.15, -0.1) is 0 Å². The zero-order valence-corrected chi connectivity index (χ0v) is 18.4. The lowest BCUT2D eigenvalue weighted by atomic mass is 9.93. The van der Waals surface area contributed by atoms with Crippen molar-refractivity contribution in [2.45, 2.75) is 13.3 Å². The van der Waals surface area contributed by atoms with E-state index in [1.807, 2.05) is 30.4 Å². The summed E-state index contributed by atoms with van der Waals surface area (Å²) in [6, 6.07) is 31.3. The second-order valence-electron chi connectivity index (χ2n) is 8.26. The minimum Gasteiger partial charge on any atom is -0.228 e. The maximum Gasteiger partial charge on any atom is 0.160 e. The second-order valence-corrected chi connectivity index (χ2v) is 8.26. The van der Waals surface area contributed by atoms with Gasteiger partial charge in [0.05, 0.1) is 23.4 Å². The number of nitriles is 1. The summed E-state index contributed by atoms with van der Waals surface area (Å²) < 4.78 is 0. The smallest absolute Gasteiger partial charge is 0.160 e. The molecule has 0 spiro atoms. The van der Waals surface area contributed by atoms with Gasteiger partial charge in [0.2, 0.25) is 0 Å². The number of rotatable bonds is 4. The highest BCUT2D eigenvalue weighted by molar-refractivity contribution is 5.78. The largest absolute Gasteiger partial charge is 0.228 e. The van der Waals surface area contributed by atoms with E-state index in [0.717, 1.165) is 51.5 Å². The summed E-state index contributed by atoms with van der Waals surface area (Å²) in [4.78, 5) is 9.80. The van der Waals surface area contributed by atoms with Gasteiger partial charge in [0.1, 0.15) is 0 Å². The SMILES string of the molecule is Cc1ccc(-c2nc(-c3ccccc3)cc(-c3ccc(C4=CCC(C#N)C=C4)cc3)n2)cc1. The third kappa shape index (κ3) is 4.51. The topological polar surface area (TPSA) is 49.6 Å². The predicted octanol–water partition coefficient (Wildman–Crippen LogP) is 7.27. The fraction of sp³-hybridized carbons (Fsp3) is 0.100. The van der Waals surface area contributed by atoms with Crippen LogP contribution in [-0.4, -0.2) is 9.97 Å². The van der Waals surface area contributed by atoms with Crippen LogP contribution in [0.2, 0.25) is 0 Å². The average molecular weight is 426 g/mol. The van der Waals surface area contributed by atoms with Crippen LogP contribution in [0.3, 0.4) is 0 Å². The van der Waals surface area contributed by atoms with Crippen molar-refractivity contribution >= 4 is 5.57 Å². The molecule has 0 bridgehead atoms. The van der Waals surface area contributed by atoms with E-state index in [0.29, 0.717) is 0 Å². The summed E-state index contributed by atoms with van der Waals surface area (Å²) in [5.41, 5.74) is 8.41. The van der Waals surface area contributed by atoms with Gasteiger partial charge in [-0.3, -0.25) is 0 Å². The van der Waals surface area contributed by atoms with Crippen molar-refractivity contribution in [3.63, 3.8) is 0 Å². The van der Waals surface area contributed by atoms with Crippen molar-refractivity contribution < 1.29 is 0 Å². The number of aryl methyl sites for hydroxylation is 1. The molecule has 3 heteroatoms. The lowest BCUT2D eigenvalue weighted by Crippen LogP contribution is -1.97. The van der Waals surface area contributed by atoms with Crippen LogP contribution in [0.25, 0.3) is 39.5 Å². The first-order chi connectivity index (χ1) is 16.2. The fourth-order valence-corrected chi connectivity index (χ4v) is 3.95. The van der Waals surface area contributed by atoms with Crippen LogP contribution >= 0.6 is 0 Å². The van der Waals surface area contributed by atoms with Gasteiger partial charge in [0.15, 0.2) is 5.82 Å². The molecule has 1 unspecified atom stereocenters. The quantitative estimate of drug-likeness (QED) is 0.345. The number of hydrogen-bond acceptors (Lipinski definition) is 3. The molecule has 4 aromatic rings. The molecule has 1 aliphatic carbocycles. The van der Waals surface area contributed by atoms with Gasteiger partial charge < -0.3 is 0 Å². The Hall–Kier alpha value is -4.29. The van der Waals surface area contributed by atoms with Crippen molar-refractivity contribution in [2.24, 2.45) is 5.92 Å². The Morgan fingerprint density at radius 1 is 0.758 bits per heavy atom. The van der Waals surface area contributed by atoms with Crippen LogP contribution in [0, 0.1) is 24.2 Å². The third-order valence-corrected chi connectivity index (χ3v) is 5.89. The Kier molecular flexibility index (Phi) is 5.66. The first kappa shape index (κ1) is 20.6. The molecule has 1 aliphatic rings. The Bertz CT molecular complexity index is 1370. The molecule has 33 heavy (non-hydrogen) atoms. The summed E-state index contributed by atoms with van der Waals surface area (Å²) in [5, 5.41) is 9.09. The Morgan fingerprint density at radius 3 is 1.97 bits per heavy atom. The number of nitrogens with zero attached hydrogens (tertiary/aromatic N) is 3. The molecule has 0 radical (unpaired) electrons. The molecule has 1 atom stereocenters. The zero-order chi connectivity index (χ0) is 22.6. The maximum atomic E-state index is 9.09. The Morgan fingerprint density at radius 2 is 1.36 bits per heavy atom. The minimum atomic E-state index is -0.0226. The highest BCUT2D eigenvalue weighted by atomic mass is 14.9. The van der Waals surface area contributed by atoms with E-state index in [4.69, 9.17) is 15.2 Å². The molecule has 0 N–H and O–H groups in total. The van der Waals surface area contributed by atoms with Crippen molar-refractivity contribution in [1.29, 1.82) is 5.26 Å². The molecular formula is C30H23N3. The number of hydrogen-bond donors (Lipinski definition) is 0. The van der Waals surface area contributed by atoms with E-state index in [9.17, 15) is 0 Å². The Balaban J connectivity index is 1.54.